The van der Waals surface area contributed by atoms with Crippen molar-refractivity contribution in [3.8, 4) is 0 Å². The van der Waals surface area contributed by atoms with Gasteiger partial charge in [-0.2, -0.15) is 0 Å². The lowest BCUT2D eigenvalue weighted by Crippen LogP contribution is -2.48. The van der Waals surface area contributed by atoms with E-state index in [0.717, 1.165) is 6.04 Å². The molecule has 1 saturated heterocycles. The van der Waals surface area contributed by atoms with Crippen LogP contribution in [0, 0.1) is 0 Å². The van der Waals surface area contributed by atoms with E-state index >= 15 is 0 Å². The van der Waals surface area contributed by atoms with Crippen LogP contribution in [0.4, 0.5) is 0 Å². The number of likely N-dealkylation sites (N-methyl/N-ethyl adjacent to an activating group) is 1. The third-order valence-electron chi connectivity index (χ3n) is 3.39. The number of hydrogen-bond acceptors (Lipinski definition) is 3. The van der Waals surface area contributed by atoms with E-state index in [0.29, 0.717) is 0 Å². The van der Waals surface area contributed by atoms with E-state index in [1.54, 1.807) is 0 Å². The summed E-state index contributed by atoms with van der Waals surface area (Å²) in [5.41, 5.74) is 0. The maximum Gasteiger partial charge on any atom is 0.0113 e. The fourth-order valence-electron chi connectivity index (χ4n) is 2.15. The van der Waals surface area contributed by atoms with Crippen molar-refractivity contribution in [1.82, 2.24) is 14.7 Å². The SMILES string of the molecule is CC(CCCN(C)C)N1CCN(C)CC1. The normalized spacial score (nSPS) is 22.2. The van der Waals surface area contributed by atoms with Gasteiger partial charge in [-0.25, -0.2) is 0 Å². The van der Waals surface area contributed by atoms with Gasteiger partial charge in [0, 0.05) is 32.2 Å². The van der Waals surface area contributed by atoms with Crippen LogP contribution < -0.4 is 0 Å². The molecule has 0 amide bonds. The molecule has 1 atom stereocenters. The van der Waals surface area contributed by atoms with E-state index in [4.69, 9.17) is 0 Å². The van der Waals surface area contributed by atoms with E-state index in [2.05, 4.69) is 42.8 Å². The molecule has 3 heteroatoms. The van der Waals surface area contributed by atoms with Crippen LogP contribution in [0.1, 0.15) is 19.8 Å². The van der Waals surface area contributed by atoms with Crippen molar-refractivity contribution >= 4 is 0 Å². The van der Waals surface area contributed by atoms with Gasteiger partial charge in [-0.3, -0.25) is 4.90 Å². The minimum atomic E-state index is 0.763. The van der Waals surface area contributed by atoms with Crippen molar-refractivity contribution in [2.75, 3.05) is 53.9 Å². The quantitative estimate of drug-likeness (QED) is 0.673. The molecule has 1 aliphatic rings. The van der Waals surface area contributed by atoms with Gasteiger partial charge in [0.2, 0.25) is 0 Å². The molecule has 0 aromatic carbocycles. The van der Waals surface area contributed by atoms with Crippen molar-refractivity contribution in [1.29, 1.82) is 0 Å². The van der Waals surface area contributed by atoms with Gasteiger partial charge in [-0.05, 0) is 47.5 Å². The Morgan fingerprint density at radius 1 is 1.13 bits per heavy atom. The summed E-state index contributed by atoms with van der Waals surface area (Å²) < 4.78 is 0. The van der Waals surface area contributed by atoms with Gasteiger partial charge in [-0.15, -0.1) is 0 Å². The zero-order chi connectivity index (χ0) is 11.3. The number of nitrogens with zero attached hydrogens (tertiary/aromatic N) is 3. The molecule has 0 aliphatic carbocycles. The second kappa shape index (κ2) is 6.46. The molecule has 1 heterocycles. The van der Waals surface area contributed by atoms with Gasteiger partial charge in [0.1, 0.15) is 0 Å². The van der Waals surface area contributed by atoms with Crippen LogP contribution in [0.25, 0.3) is 0 Å². The highest BCUT2D eigenvalue weighted by Crippen LogP contribution is 2.09. The van der Waals surface area contributed by atoms with Crippen LogP contribution in [0.15, 0.2) is 0 Å². The lowest BCUT2D eigenvalue weighted by molar-refractivity contribution is 0.112. The Hall–Kier alpha value is -0.120. The molecule has 1 rings (SSSR count). The molecule has 0 saturated carbocycles. The monoisotopic (exact) mass is 213 g/mol. The van der Waals surface area contributed by atoms with Crippen molar-refractivity contribution in [2.24, 2.45) is 0 Å². The predicted octanol–water partition coefficient (Wildman–Crippen LogP) is 0.964. The highest BCUT2D eigenvalue weighted by molar-refractivity contribution is 4.74. The molecular weight excluding hydrogens is 186 g/mol. The zero-order valence-corrected chi connectivity index (χ0v) is 10.9. The topological polar surface area (TPSA) is 9.72 Å². The molecule has 3 nitrogen and oxygen atoms in total. The van der Waals surface area contributed by atoms with Crippen molar-refractivity contribution < 1.29 is 0 Å². The van der Waals surface area contributed by atoms with Gasteiger partial charge in [0.25, 0.3) is 0 Å². The first-order valence-electron chi connectivity index (χ1n) is 6.17. The number of piperazine rings is 1. The average molecular weight is 213 g/mol. The third kappa shape index (κ3) is 4.96. The maximum absolute atomic E-state index is 2.63. The molecule has 15 heavy (non-hydrogen) atoms. The molecule has 0 N–H and O–H groups in total. The average Bonchev–Trinajstić information content (AvgIpc) is 2.18. The minimum Gasteiger partial charge on any atom is -0.309 e. The summed E-state index contributed by atoms with van der Waals surface area (Å²) >= 11 is 0. The number of rotatable bonds is 5. The lowest BCUT2D eigenvalue weighted by atomic mass is 10.1. The van der Waals surface area contributed by atoms with Gasteiger partial charge < -0.3 is 9.80 Å². The molecule has 0 bridgehead atoms. The second-order valence-electron chi connectivity index (χ2n) is 5.13. The van der Waals surface area contributed by atoms with Crippen LogP contribution in [0.2, 0.25) is 0 Å². The minimum absolute atomic E-state index is 0.763. The Morgan fingerprint density at radius 3 is 2.27 bits per heavy atom. The van der Waals surface area contributed by atoms with Crippen LogP contribution in [0.3, 0.4) is 0 Å². The van der Waals surface area contributed by atoms with Crippen molar-refractivity contribution in [3.63, 3.8) is 0 Å². The molecule has 1 unspecified atom stereocenters. The summed E-state index contributed by atoms with van der Waals surface area (Å²) in [6.45, 7) is 8.56. The van der Waals surface area contributed by atoms with Crippen molar-refractivity contribution in [2.45, 2.75) is 25.8 Å². The summed E-state index contributed by atoms with van der Waals surface area (Å²) in [4.78, 5) is 7.33. The van der Waals surface area contributed by atoms with E-state index in [-0.39, 0.29) is 0 Å². The van der Waals surface area contributed by atoms with Gasteiger partial charge >= 0.3 is 0 Å². The lowest BCUT2D eigenvalue weighted by Gasteiger charge is -2.36. The number of hydrogen-bond donors (Lipinski definition) is 0. The zero-order valence-electron chi connectivity index (χ0n) is 10.9. The Kier molecular flexibility index (Phi) is 5.58. The van der Waals surface area contributed by atoms with Gasteiger partial charge in [0.05, 0.1) is 0 Å². The summed E-state index contributed by atoms with van der Waals surface area (Å²) in [7, 11) is 6.52. The Balaban J connectivity index is 2.13. The third-order valence-corrected chi connectivity index (χ3v) is 3.39. The van der Waals surface area contributed by atoms with E-state index in [9.17, 15) is 0 Å². The fraction of sp³-hybridized carbons (Fsp3) is 1.00. The van der Waals surface area contributed by atoms with Gasteiger partial charge in [0.15, 0.2) is 0 Å². The molecule has 1 aliphatic heterocycles. The molecule has 0 aromatic heterocycles. The van der Waals surface area contributed by atoms with E-state index in [1.165, 1.54) is 45.6 Å². The van der Waals surface area contributed by atoms with Crippen LogP contribution in [-0.2, 0) is 0 Å². The second-order valence-corrected chi connectivity index (χ2v) is 5.13. The van der Waals surface area contributed by atoms with E-state index in [1.807, 2.05) is 0 Å². The largest absolute Gasteiger partial charge is 0.309 e. The molecule has 1 fully saturated rings. The van der Waals surface area contributed by atoms with Crippen LogP contribution in [0.5, 0.6) is 0 Å². The first-order chi connectivity index (χ1) is 7.09. The first-order valence-corrected chi connectivity index (χ1v) is 6.17. The smallest absolute Gasteiger partial charge is 0.0113 e. The Bertz CT molecular complexity index is 162. The van der Waals surface area contributed by atoms with Gasteiger partial charge in [-0.1, -0.05) is 0 Å². The standard InChI is InChI=1S/C12H27N3/c1-12(6-5-7-13(2)3)15-10-8-14(4)9-11-15/h12H,5-11H2,1-4H3. The van der Waals surface area contributed by atoms with Crippen LogP contribution >= 0.6 is 0 Å². The summed E-state index contributed by atoms with van der Waals surface area (Å²) in [6.07, 6.45) is 2.66. The van der Waals surface area contributed by atoms with Crippen molar-refractivity contribution in [3.05, 3.63) is 0 Å². The summed E-state index contributed by atoms with van der Waals surface area (Å²) in [6, 6.07) is 0.763. The highest BCUT2D eigenvalue weighted by atomic mass is 15.3. The van der Waals surface area contributed by atoms with E-state index < -0.39 is 0 Å². The molecule has 0 aromatic rings. The predicted molar refractivity (Wildman–Crippen MR) is 66.3 cm³/mol. The molecule has 90 valence electrons. The molecule has 0 spiro atoms. The summed E-state index contributed by atoms with van der Waals surface area (Å²) in [5, 5.41) is 0. The Morgan fingerprint density at radius 2 is 1.73 bits per heavy atom. The van der Waals surface area contributed by atoms with Crippen LogP contribution in [-0.4, -0.2) is 74.6 Å². The summed E-state index contributed by atoms with van der Waals surface area (Å²) in [5.74, 6) is 0. The fourth-order valence-corrected chi connectivity index (χ4v) is 2.15. The molecule has 0 radical (unpaired) electrons. The maximum atomic E-state index is 2.63. The molecular formula is C12H27N3. The highest BCUT2D eigenvalue weighted by Gasteiger charge is 2.18. The Labute approximate surface area is 95.0 Å². The first kappa shape index (κ1) is 12.9.